The van der Waals surface area contributed by atoms with Crippen LogP contribution in [0.25, 0.3) is 0 Å². The largest absolute Gasteiger partial charge is 0.374 e. The number of fused-ring (bicyclic) bond motifs is 1. The van der Waals surface area contributed by atoms with E-state index in [1.54, 1.807) is 11.3 Å². The number of aromatic nitrogens is 1. The van der Waals surface area contributed by atoms with Gasteiger partial charge in [-0.3, -0.25) is 9.69 Å². The molecule has 4 rings (SSSR count). The summed E-state index contributed by atoms with van der Waals surface area (Å²) in [5.74, 6) is -0.0154. The number of hydrogen-bond donors (Lipinski definition) is 1. The Hall–Kier alpha value is -1.63. The fourth-order valence-corrected chi connectivity index (χ4v) is 4.63. The zero-order chi connectivity index (χ0) is 16.5. The molecule has 2 aliphatic heterocycles. The summed E-state index contributed by atoms with van der Waals surface area (Å²) in [5.41, 5.74) is 0.694. The van der Waals surface area contributed by atoms with Gasteiger partial charge in [0.2, 0.25) is 0 Å². The van der Waals surface area contributed by atoms with Gasteiger partial charge in [0.1, 0.15) is 5.69 Å². The predicted octanol–water partition coefficient (Wildman–Crippen LogP) is 2.25. The number of thiophene rings is 1. The zero-order valence-electron chi connectivity index (χ0n) is 13.9. The molecule has 0 aliphatic carbocycles. The van der Waals surface area contributed by atoms with Gasteiger partial charge in [0, 0.05) is 43.9 Å². The lowest BCUT2D eigenvalue weighted by molar-refractivity contribution is -0.0210. The predicted molar refractivity (Wildman–Crippen MR) is 94.2 cm³/mol. The monoisotopic (exact) mass is 345 g/mol. The second-order valence-corrected chi connectivity index (χ2v) is 7.67. The van der Waals surface area contributed by atoms with Crippen LogP contribution in [0.4, 0.5) is 0 Å². The minimum atomic E-state index is -0.0154. The van der Waals surface area contributed by atoms with Gasteiger partial charge < -0.3 is 14.6 Å². The summed E-state index contributed by atoms with van der Waals surface area (Å²) in [6.07, 6.45) is 4.24. The first-order valence-corrected chi connectivity index (χ1v) is 9.40. The Morgan fingerprint density at radius 1 is 1.42 bits per heavy atom. The molecule has 0 unspecified atom stereocenters. The smallest absolute Gasteiger partial charge is 0.268 e. The van der Waals surface area contributed by atoms with Crippen LogP contribution in [-0.2, 0) is 18.3 Å². The SMILES string of the molecule is Cn1cccc1C(=O)N[C@H]1CN(Cc2cccs2)[C@@H]2CCCO[C@H]12. The highest BCUT2D eigenvalue weighted by molar-refractivity contribution is 7.09. The molecule has 1 amide bonds. The average Bonchev–Trinajstić information content (AvgIpc) is 3.30. The standard InChI is InChI=1S/C18H23N3O2S/c1-20-8-2-6-16(20)18(22)19-14-12-21(11-13-5-4-10-24-13)15-7-3-9-23-17(14)15/h2,4-6,8,10,14-15,17H,3,7,9,11-12H2,1H3,(H,19,22)/t14-,15+,17+/m0/s1. The maximum Gasteiger partial charge on any atom is 0.268 e. The molecule has 4 heterocycles. The summed E-state index contributed by atoms with van der Waals surface area (Å²) in [5, 5.41) is 5.33. The minimum absolute atomic E-state index is 0.0154. The number of aryl methyl sites for hydroxylation is 1. The van der Waals surface area contributed by atoms with E-state index in [-0.39, 0.29) is 18.1 Å². The van der Waals surface area contributed by atoms with Crippen LogP contribution in [0.1, 0.15) is 28.2 Å². The third-order valence-electron chi connectivity index (χ3n) is 5.06. The molecular weight excluding hydrogens is 322 g/mol. The van der Waals surface area contributed by atoms with Crippen LogP contribution < -0.4 is 5.32 Å². The Morgan fingerprint density at radius 2 is 2.33 bits per heavy atom. The van der Waals surface area contributed by atoms with Crippen molar-refractivity contribution in [2.24, 2.45) is 7.05 Å². The number of likely N-dealkylation sites (tertiary alicyclic amines) is 1. The summed E-state index contributed by atoms with van der Waals surface area (Å²) in [7, 11) is 1.90. The molecule has 2 aromatic heterocycles. The van der Waals surface area contributed by atoms with Crippen LogP contribution in [-0.4, -0.2) is 46.7 Å². The Bertz CT molecular complexity index is 697. The third kappa shape index (κ3) is 3.01. The first-order valence-electron chi connectivity index (χ1n) is 8.52. The van der Waals surface area contributed by atoms with Gasteiger partial charge >= 0.3 is 0 Å². The number of nitrogens with one attached hydrogen (secondary N) is 1. The van der Waals surface area contributed by atoms with Crippen LogP contribution in [0.3, 0.4) is 0 Å². The fourth-order valence-electron chi connectivity index (χ4n) is 3.91. The number of nitrogens with zero attached hydrogens (tertiary/aromatic N) is 2. The summed E-state index contributed by atoms with van der Waals surface area (Å²) in [6.45, 7) is 2.59. The van der Waals surface area contributed by atoms with Crippen molar-refractivity contribution < 1.29 is 9.53 Å². The zero-order valence-corrected chi connectivity index (χ0v) is 14.7. The maximum absolute atomic E-state index is 12.6. The van der Waals surface area contributed by atoms with Crippen LogP contribution >= 0.6 is 11.3 Å². The number of ether oxygens (including phenoxy) is 1. The van der Waals surface area contributed by atoms with Crippen molar-refractivity contribution in [1.82, 2.24) is 14.8 Å². The molecule has 24 heavy (non-hydrogen) atoms. The van der Waals surface area contributed by atoms with E-state index in [1.165, 1.54) is 4.88 Å². The normalized spacial score (nSPS) is 27.1. The van der Waals surface area contributed by atoms with Gasteiger partial charge in [-0.2, -0.15) is 0 Å². The van der Waals surface area contributed by atoms with E-state index in [2.05, 4.69) is 27.7 Å². The van der Waals surface area contributed by atoms with Gasteiger partial charge in [-0.25, -0.2) is 0 Å². The van der Waals surface area contributed by atoms with E-state index in [9.17, 15) is 4.79 Å². The number of carbonyl (C=O) groups is 1. The van der Waals surface area contributed by atoms with E-state index in [0.717, 1.165) is 32.5 Å². The molecule has 1 N–H and O–H groups in total. The van der Waals surface area contributed by atoms with Gasteiger partial charge in [0.05, 0.1) is 12.1 Å². The highest BCUT2D eigenvalue weighted by Gasteiger charge is 2.44. The summed E-state index contributed by atoms with van der Waals surface area (Å²) < 4.78 is 7.91. The van der Waals surface area contributed by atoms with Gasteiger partial charge in [-0.05, 0) is 36.4 Å². The third-order valence-corrected chi connectivity index (χ3v) is 5.92. The van der Waals surface area contributed by atoms with E-state index < -0.39 is 0 Å². The van der Waals surface area contributed by atoms with E-state index in [4.69, 9.17) is 4.74 Å². The van der Waals surface area contributed by atoms with Crippen molar-refractivity contribution in [1.29, 1.82) is 0 Å². The number of rotatable bonds is 4. The van der Waals surface area contributed by atoms with Gasteiger partial charge in [0.15, 0.2) is 0 Å². The van der Waals surface area contributed by atoms with Gasteiger partial charge in [-0.1, -0.05) is 6.07 Å². The summed E-state index contributed by atoms with van der Waals surface area (Å²) >= 11 is 1.79. The quantitative estimate of drug-likeness (QED) is 0.924. The average molecular weight is 345 g/mol. The summed E-state index contributed by atoms with van der Waals surface area (Å²) in [6, 6.07) is 8.48. The summed E-state index contributed by atoms with van der Waals surface area (Å²) in [4.78, 5) is 16.4. The second-order valence-electron chi connectivity index (χ2n) is 6.64. The lowest BCUT2D eigenvalue weighted by Crippen LogP contribution is -2.47. The molecule has 6 heteroatoms. The highest BCUT2D eigenvalue weighted by Crippen LogP contribution is 2.31. The highest BCUT2D eigenvalue weighted by atomic mass is 32.1. The Balaban J connectivity index is 1.48. The molecule has 0 saturated carbocycles. The molecule has 2 aliphatic rings. The molecule has 0 spiro atoms. The topological polar surface area (TPSA) is 46.5 Å². The first-order chi connectivity index (χ1) is 11.7. The van der Waals surface area contributed by atoms with Crippen molar-refractivity contribution in [3.05, 3.63) is 46.4 Å². The molecule has 2 aromatic rings. The van der Waals surface area contributed by atoms with Crippen LogP contribution in [0, 0.1) is 0 Å². The molecule has 0 bridgehead atoms. The molecule has 5 nitrogen and oxygen atoms in total. The van der Waals surface area contributed by atoms with E-state index in [1.807, 2.05) is 29.9 Å². The van der Waals surface area contributed by atoms with Crippen molar-refractivity contribution in [2.45, 2.75) is 37.6 Å². The van der Waals surface area contributed by atoms with Crippen LogP contribution in [0.5, 0.6) is 0 Å². The van der Waals surface area contributed by atoms with Crippen molar-refractivity contribution >= 4 is 17.2 Å². The van der Waals surface area contributed by atoms with Gasteiger partial charge in [-0.15, -0.1) is 11.3 Å². The second kappa shape index (κ2) is 6.70. The molecule has 2 fully saturated rings. The maximum atomic E-state index is 12.6. The van der Waals surface area contributed by atoms with Crippen molar-refractivity contribution in [3.8, 4) is 0 Å². The molecular formula is C18H23N3O2S. The van der Waals surface area contributed by atoms with Crippen LogP contribution in [0.15, 0.2) is 35.8 Å². The molecule has 2 saturated heterocycles. The first kappa shape index (κ1) is 15.9. The van der Waals surface area contributed by atoms with E-state index >= 15 is 0 Å². The molecule has 0 aromatic carbocycles. The lowest BCUT2D eigenvalue weighted by atomic mass is 10.0. The number of amides is 1. The minimum Gasteiger partial charge on any atom is -0.374 e. The van der Waals surface area contributed by atoms with Crippen molar-refractivity contribution in [2.75, 3.05) is 13.2 Å². The number of hydrogen-bond acceptors (Lipinski definition) is 4. The Kier molecular flexibility index (Phi) is 4.43. The lowest BCUT2D eigenvalue weighted by Gasteiger charge is -2.32. The Labute approximate surface area is 146 Å². The number of carbonyl (C=O) groups excluding carboxylic acids is 1. The van der Waals surface area contributed by atoms with E-state index in [0.29, 0.717) is 11.7 Å². The Morgan fingerprint density at radius 3 is 3.08 bits per heavy atom. The molecule has 0 radical (unpaired) electrons. The van der Waals surface area contributed by atoms with Crippen LogP contribution in [0.2, 0.25) is 0 Å². The molecule has 128 valence electrons. The van der Waals surface area contributed by atoms with Gasteiger partial charge in [0.25, 0.3) is 5.91 Å². The fraction of sp³-hybridized carbons (Fsp3) is 0.500. The molecule has 3 atom stereocenters. The van der Waals surface area contributed by atoms with Crippen molar-refractivity contribution in [3.63, 3.8) is 0 Å².